The number of carbonyl (C=O) groups is 1. The van der Waals surface area contributed by atoms with Gasteiger partial charge in [-0.3, -0.25) is 14.5 Å². The maximum absolute atomic E-state index is 11.9. The predicted octanol–water partition coefficient (Wildman–Crippen LogP) is 0.872. The summed E-state index contributed by atoms with van der Waals surface area (Å²) in [7, 11) is 0. The number of thiazole rings is 1. The Labute approximate surface area is 102 Å². The van der Waals surface area contributed by atoms with E-state index >= 15 is 0 Å². The second-order valence-corrected chi connectivity index (χ2v) is 4.39. The summed E-state index contributed by atoms with van der Waals surface area (Å²) < 4.78 is 1.58. The molecule has 0 aromatic carbocycles. The molecule has 0 aliphatic rings. The minimum Gasteiger partial charge on any atom is -0.396 e. The van der Waals surface area contributed by atoms with E-state index in [-0.39, 0.29) is 5.91 Å². The number of nitrogens with two attached hydrogens (primary N) is 1. The Kier molecular flexibility index (Phi) is 3.38. The van der Waals surface area contributed by atoms with E-state index in [1.807, 2.05) is 6.92 Å². The number of nitrogens with zero attached hydrogens (tertiary/aromatic N) is 3. The van der Waals surface area contributed by atoms with E-state index in [0.29, 0.717) is 24.5 Å². The minimum absolute atomic E-state index is 0.213. The number of nitrogens with one attached hydrogen (secondary N) is 1. The molecule has 0 spiro atoms. The summed E-state index contributed by atoms with van der Waals surface area (Å²) in [6.45, 7) is 2.98. The second kappa shape index (κ2) is 4.96. The van der Waals surface area contributed by atoms with Crippen molar-refractivity contribution in [2.24, 2.45) is 0 Å². The summed E-state index contributed by atoms with van der Waals surface area (Å²) in [4.78, 5) is 16.9. The molecule has 2 aromatic rings. The van der Waals surface area contributed by atoms with Gasteiger partial charge in [-0.2, -0.15) is 5.10 Å². The molecule has 0 saturated heterocycles. The summed E-state index contributed by atoms with van der Waals surface area (Å²) in [5.74, 6) is -0.213. The molecule has 0 saturated carbocycles. The van der Waals surface area contributed by atoms with E-state index in [2.05, 4.69) is 15.4 Å². The monoisotopic (exact) mass is 251 g/mol. The second-order valence-electron chi connectivity index (χ2n) is 3.41. The zero-order valence-electron chi connectivity index (χ0n) is 9.38. The van der Waals surface area contributed by atoms with E-state index in [4.69, 9.17) is 5.73 Å². The zero-order chi connectivity index (χ0) is 12.3. The van der Waals surface area contributed by atoms with Gasteiger partial charge in [0.15, 0.2) is 0 Å². The van der Waals surface area contributed by atoms with Crippen LogP contribution in [-0.2, 0) is 13.1 Å². The number of carbonyl (C=O) groups excluding carboxylic acids is 1. The van der Waals surface area contributed by atoms with Crippen LogP contribution in [0.15, 0.2) is 17.9 Å². The third kappa shape index (κ3) is 2.44. The highest BCUT2D eigenvalue weighted by Crippen LogP contribution is 2.11. The Bertz CT molecular complexity index is 505. The molecule has 0 bridgehead atoms. The first-order chi connectivity index (χ1) is 8.22. The van der Waals surface area contributed by atoms with Crippen molar-refractivity contribution in [3.8, 4) is 0 Å². The van der Waals surface area contributed by atoms with Gasteiger partial charge in [-0.1, -0.05) is 0 Å². The number of aryl methyl sites for hydroxylation is 1. The molecule has 17 heavy (non-hydrogen) atoms. The van der Waals surface area contributed by atoms with E-state index in [0.717, 1.165) is 4.88 Å². The van der Waals surface area contributed by atoms with Gasteiger partial charge >= 0.3 is 0 Å². The van der Waals surface area contributed by atoms with Gasteiger partial charge in [0.1, 0.15) is 5.69 Å². The van der Waals surface area contributed by atoms with Gasteiger partial charge in [0.25, 0.3) is 5.91 Å². The molecular formula is C10H13N5OS. The molecule has 2 rings (SSSR count). The van der Waals surface area contributed by atoms with Crippen LogP contribution in [0, 0.1) is 0 Å². The molecule has 6 nitrogen and oxygen atoms in total. The highest BCUT2D eigenvalue weighted by Gasteiger charge is 2.15. The van der Waals surface area contributed by atoms with Crippen LogP contribution in [0.4, 0.5) is 5.69 Å². The van der Waals surface area contributed by atoms with E-state index in [1.54, 1.807) is 16.4 Å². The number of hydrogen-bond acceptors (Lipinski definition) is 5. The Balaban J connectivity index is 2.06. The van der Waals surface area contributed by atoms with Gasteiger partial charge in [-0.15, -0.1) is 11.3 Å². The summed E-state index contributed by atoms with van der Waals surface area (Å²) in [5, 5.41) is 6.82. The lowest BCUT2D eigenvalue weighted by Crippen LogP contribution is -2.26. The molecule has 0 radical (unpaired) electrons. The van der Waals surface area contributed by atoms with Crippen LogP contribution in [0.2, 0.25) is 0 Å². The molecule has 90 valence electrons. The van der Waals surface area contributed by atoms with Crippen LogP contribution in [0.3, 0.4) is 0 Å². The Morgan fingerprint density at radius 2 is 2.41 bits per heavy atom. The van der Waals surface area contributed by atoms with Crippen molar-refractivity contribution in [1.29, 1.82) is 0 Å². The van der Waals surface area contributed by atoms with Crippen LogP contribution in [0.25, 0.3) is 0 Å². The maximum Gasteiger partial charge on any atom is 0.271 e. The smallest absolute Gasteiger partial charge is 0.271 e. The average Bonchev–Trinajstić information content (AvgIpc) is 2.94. The fraction of sp³-hybridized carbons (Fsp3) is 0.300. The number of aromatic nitrogens is 3. The molecule has 0 unspecified atom stereocenters. The van der Waals surface area contributed by atoms with Crippen molar-refractivity contribution in [3.63, 3.8) is 0 Å². The fourth-order valence-corrected chi connectivity index (χ4v) is 2.00. The van der Waals surface area contributed by atoms with Crippen molar-refractivity contribution in [3.05, 3.63) is 28.5 Å². The van der Waals surface area contributed by atoms with Gasteiger partial charge in [0, 0.05) is 17.6 Å². The molecule has 0 fully saturated rings. The molecule has 2 aromatic heterocycles. The van der Waals surface area contributed by atoms with Gasteiger partial charge in [-0.25, -0.2) is 0 Å². The largest absolute Gasteiger partial charge is 0.396 e. The molecule has 0 aliphatic heterocycles. The molecule has 2 heterocycles. The maximum atomic E-state index is 11.9. The van der Waals surface area contributed by atoms with Crippen molar-refractivity contribution in [1.82, 2.24) is 20.1 Å². The predicted molar refractivity (Wildman–Crippen MR) is 65.6 cm³/mol. The number of rotatable bonds is 4. The van der Waals surface area contributed by atoms with Crippen LogP contribution in [-0.4, -0.2) is 20.7 Å². The Morgan fingerprint density at radius 1 is 1.59 bits per heavy atom. The van der Waals surface area contributed by atoms with Crippen molar-refractivity contribution in [2.75, 3.05) is 5.73 Å². The number of anilines is 1. The van der Waals surface area contributed by atoms with Crippen LogP contribution >= 0.6 is 11.3 Å². The SMILES string of the molecule is CCn1ncc(N)c1C(=O)NCc1cncs1. The summed E-state index contributed by atoms with van der Waals surface area (Å²) >= 11 is 1.50. The lowest BCUT2D eigenvalue weighted by molar-refractivity contribution is 0.0941. The van der Waals surface area contributed by atoms with Crippen molar-refractivity contribution >= 4 is 22.9 Å². The zero-order valence-corrected chi connectivity index (χ0v) is 10.2. The van der Waals surface area contributed by atoms with Gasteiger partial charge < -0.3 is 11.1 Å². The summed E-state index contributed by atoms with van der Waals surface area (Å²) in [5.41, 5.74) is 8.25. The van der Waals surface area contributed by atoms with Crippen LogP contribution < -0.4 is 11.1 Å². The molecule has 1 amide bonds. The number of amides is 1. The molecule has 0 aliphatic carbocycles. The standard InChI is InChI=1S/C10H13N5OS/c1-2-15-9(8(11)5-14-15)10(16)13-4-7-3-12-6-17-7/h3,5-6H,2,4,11H2,1H3,(H,13,16). The average molecular weight is 251 g/mol. The molecule has 0 atom stereocenters. The number of hydrogen-bond donors (Lipinski definition) is 2. The van der Waals surface area contributed by atoms with Gasteiger partial charge in [0.2, 0.25) is 0 Å². The van der Waals surface area contributed by atoms with Crippen molar-refractivity contribution < 1.29 is 4.79 Å². The third-order valence-corrected chi connectivity index (χ3v) is 3.07. The van der Waals surface area contributed by atoms with Crippen LogP contribution in [0.5, 0.6) is 0 Å². The Morgan fingerprint density at radius 3 is 3.06 bits per heavy atom. The first kappa shape index (κ1) is 11.6. The van der Waals surface area contributed by atoms with Gasteiger partial charge in [0.05, 0.1) is 23.9 Å². The highest BCUT2D eigenvalue weighted by atomic mass is 32.1. The quantitative estimate of drug-likeness (QED) is 0.844. The normalized spacial score (nSPS) is 10.4. The van der Waals surface area contributed by atoms with Gasteiger partial charge in [-0.05, 0) is 6.92 Å². The first-order valence-electron chi connectivity index (χ1n) is 5.19. The lowest BCUT2D eigenvalue weighted by atomic mass is 10.3. The molecule has 7 heteroatoms. The van der Waals surface area contributed by atoms with E-state index in [1.165, 1.54) is 17.5 Å². The molecular weight excluding hydrogens is 238 g/mol. The van der Waals surface area contributed by atoms with Crippen molar-refractivity contribution in [2.45, 2.75) is 20.0 Å². The summed E-state index contributed by atoms with van der Waals surface area (Å²) in [6.07, 6.45) is 3.22. The van der Waals surface area contributed by atoms with E-state index in [9.17, 15) is 4.79 Å². The first-order valence-corrected chi connectivity index (χ1v) is 6.07. The van der Waals surface area contributed by atoms with E-state index < -0.39 is 0 Å². The summed E-state index contributed by atoms with van der Waals surface area (Å²) in [6, 6.07) is 0. The Hall–Kier alpha value is -1.89. The highest BCUT2D eigenvalue weighted by molar-refractivity contribution is 7.09. The minimum atomic E-state index is -0.213. The third-order valence-electron chi connectivity index (χ3n) is 2.29. The topological polar surface area (TPSA) is 85.8 Å². The lowest BCUT2D eigenvalue weighted by Gasteiger charge is -2.06. The number of nitrogen functional groups attached to an aromatic ring is 1. The molecule has 3 N–H and O–H groups in total. The fourth-order valence-electron chi connectivity index (χ4n) is 1.47. The van der Waals surface area contributed by atoms with Crippen LogP contribution in [0.1, 0.15) is 22.3 Å².